The molecule has 2 rings (SSSR count). The van der Waals surface area contributed by atoms with Crippen LogP contribution in [0.15, 0.2) is 18.5 Å². The fourth-order valence-corrected chi connectivity index (χ4v) is 2.13. The van der Waals surface area contributed by atoms with Gasteiger partial charge in [-0.05, 0) is 12.6 Å². The van der Waals surface area contributed by atoms with Gasteiger partial charge in [0.25, 0.3) is 5.91 Å². The van der Waals surface area contributed by atoms with E-state index in [1.807, 2.05) is 4.90 Å². The van der Waals surface area contributed by atoms with Crippen LogP contribution >= 0.6 is 0 Å². The molecule has 1 aliphatic rings. The Kier molecular flexibility index (Phi) is 4.11. The largest absolute Gasteiger partial charge is 0.336 e. The van der Waals surface area contributed by atoms with E-state index in [2.05, 4.69) is 22.2 Å². The molecule has 1 saturated heterocycles. The third-order valence-electron chi connectivity index (χ3n) is 3.31. The maximum Gasteiger partial charge on any atom is 0.256 e. The van der Waals surface area contributed by atoms with Crippen LogP contribution in [0.2, 0.25) is 0 Å². The van der Waals surface area contributed by atoms with Crippen LogP contribution in [0.25, 0.3) is 0 Å². The molecule has 18 heavy (non-hydrogen) atoms. The molecule has 0 aromatic carbocycles. The minimum Gasteiger partial charge on any atom is -0.336 e. The van der Waals surface area contributed by atoms with Gasteiger partial charge in [-0.1, -0.05) is 6.92 Å². The number of likely N-dealkylation sites (N-methyl/N-ethyl adjacent to an activating group) is 1. The van der Waals surface area contributed by atoms with Crippen molar-refractivity contribution in [1.82, 2.24) is 14.8 Å². The maximum absolute atomic E-state index is 12.4. The first-order chi connectivity index (χ1) is 8.76. The first-order valence-corrected chi connectivity index (χ1v) is 6.18. The second kappa shape index (κ2) is 5.79. The monoisotopic (exact) mass is 249 g/mol. The van der Waals surface area contributed by atoms with Gasteiger partial charge in [0.1, 0.15) is 0 Å². The number of nitrogens with one attached hydrogen (secondary N) is 1. The summed E-state index contributed by atoms with van der Waals surface area (Å²) >= 11 is 0. The first kappa shape index (κ1) is 12.8. The van der Waals surface area contributed by atoms with Crippen molar-refractivity contribution >= 4 is 11.6 Å². The highest BCUT2D eigenvalue weighted by atomic mass is 16.2. The molecule has 1 fully saturated rings. The molecule has 6 nitrogen and oxygen atoms in total. The molecule has 0 spiro atoms. The molecule has 1 aromatic rings. The van der Waals surface area contributed by atoms with Crippen molar-refractivity contribution in [2.75, 3.05) is 38.1 Å². The third-order valence-corrected chi connectivity index (χ3v) is 3.31. The lowest BCUT2D eigenvalue weighted by atomic mass is 10.2. The molecule has 98 valence electrons. The highest BCUT2D eigenvalue weighted by molar-refractivity contribution is 5.99. The Morgan fingerprint density at radius 1 is 1.44 bits per heavy atom. The molecule has 1 amide bonds. The Morgan fingerprint density at radius 2 is 2.17 bits per heavy atom. The Bertz CT molecular complexity index is 415. The van der Waals surface area contributed by atoms with E-state index in [0.29, 0.717) is 11.3 Å². The number of hydrazine groups is 1. The minimum absolute atomic E-state index is 0.0149. The number of hydrogen-bond donors (Lipinski definition) is 2. The Labute approximate surface area is 107 Å². The van der Waals surface area contributed by atoms with Gasteiger partial charge in [-0.25, -0.2) is 0 Å². The highest BCUT2D eigenvalue weighted by Gasteiger charge is 2.22. The smallest absolute Gasteiger partial charge is 0.256 e. The molecule has 6 heteroatoms. The molecule has 1 aromatic heterocycles. The van der Waals surface area contributed by atoms with Crippen molar-refractivity contribution in [2.24, 2.45) is 5.84 Å². The summed E-state index contributed by atoms with van der Waals surface area (Å²) in [6.45, 7) is 6.55. The predicted molar refractivity (Wildman–Crippen MR) is 70.1 cm³/mol. The van der Waals surface area contributed by atoms with Gasteiger partial charge < -0.3 is 15.2 Å². The van der Waals surface area contributed by atoms with E-state index in [0.717, 1.165) is 32.7 Å². The lowest BCUT2D eigenvalue weighted by Gasteiger charge is -2.34. The molecule has 0 saturated carbocycles. The zero-order chi connectivity index (χ0) is 13.0. The summed E-state index contributed by atoms with van der Waals surface area (Å²) in [5, 5.41) is 0. The van der Waals surface area contributed by atoms with Crippen LogP contribution in [-0.4, -0.2) is 53.4 Å². The molecule has 2 heterocycles. The number of amides is 1. The van der Waals surface area contributed by atoms with Crippen LogP contribution in [-0.2, 0) is 0 Å². The summed E-state index contributed by atoms with van der Waals surface area (Å²) in [5.41, 5.74) is 3.67. The van der Waals surface area contributed by atoms with Crippen molar-refractivity contribution in [3.63, 3.8) is 0 Å². The van der Waals surface area contributed by atoms with E-state index < -0.39 is 0 Å². The number of nitrogens with zero attached hydrogens (tertiary/aromatic N) is 3. The predicted octanol–water partition coefficient (Wildman–Crippen LogP) is 0.145. The van der Waals surface area contributed by atoms with Crippen LogP contribution in [0, 0.1) is 0 Å². The summed E-state index contributed by atoms with van der Waals surface area (Å²) in [5.74, 6) is 5.41. The standard InChI is InChI=1S/C12H19N5O/c1-2-16-5-7-17(8-6-16)12(18)10-3-4-14-9-11(10)15-13/h3-4,9,15H,2,5-8,13H2,1H3. The average molecular weight is 249 g/mol. The number of nitrogen functional groups attached to an aromatic ring is 1. The Balaban J connectivity index is 2.08. The van der Waals surface area contributed by atoms with E-state index in [4.69, 9.17) is 5.84 Å². The lowest BCUT2D eigenvalue weighted by molar-refractivity contribution is 0.0644. The maximum atomic E-state index is 12.4. The van der Waals surface area contributed by atoms with E-state index >= 15 is 0 Å². The fraction of sp³-hybridized carbons (Fsp3) is 0.500. The van der Waals surface area contributed by atoms with Crippen molar-refractivity contribution in [2.45, 2.75) is 6.92 Å². The zero-order valence-corrected chi connectivity index (χ0v) is 10.6. The minimum atomic E-state index is 0.0149. The van der Waals surface area contributed by atoms with Crippen LogP contribution in [0.1, 0.15) is 17.3 Å². The van der Waals surface area contributed by atoms with Crippen LogP contribution in [0.4, 0.5) is 5.69 Å². The van der Waals surface area contributed by atoms with Gasteiger partial charge >= 0.3 is 0 Å². The second-order valence-electron chi connectivity index (χ2n) is 4.29. The molecule has 0 bridgehead atoms. The molecular formula is C12H19N5O. The molecule has 0 aliphatic carbocycles. The number of rotatable bonds is 3. The summed E-state index contributed by atoms with van der Waals surface area (Å²) in [4.78, 5) is 20.5. The molecule has 0 unspecified atom stereocenters. The quantitative estimate of drug-likeness (QED) is 0.589. The van der Waals surface area contributed by atoms with Gasteiger partial charge in [-0.2, -0.15) is 0 Å². The normalized spacial score (nSPS) is 16.7. The molecule has 3 N–H and O–H groups in total. The summed E-state index contributed by atoms with van der Waals surface area (Å²) in [6.07, 6.45) is 3.17. The Hall–Kier alpha value is -1.66. The van der Waals surface area contributed by atoms with Gasteiger partial charge in [0.15, 0.2) is 0 Å². The molecule has 0 atom stereocenters. The van der Waals surface area contributed by atoms with E-state index in [1.54, 1.807) is 18.5 Å². The number of hydrogen-bond acceptors (Lipinski definition) is 5. The first-order valence-electron chi connectivity index (χ1n) is 6.18. The van der Waals surface area contributed by atoms with Gasteiger partial charge in [0, 0.05) is 32.4 Å². The van der Waals surface area contributed by atoms with Crippen LogP contribution < -0.4 is 11.3 Å². The summed E-state index contributed by atoms with van der Waals surface area (Å²) in [6, 6.07) is 1.70. The number of piperazine rings is 1. The lowest BCUT2D eigenvalue weighted by Crippen LogP contribution is -2.48. The number of carbonyl (C=O) groups is 1. The average Bonchev–Trinajstić information content (AvgIpc) is 2.46. The van der Waals surface area contributed by atoms with E-state index in [9.17, 15) is 4.79 Å². The number of pyridine rings is 1. The number of nitrogens with two attached hydrogens (primary N) is 1. The van der Waals surface area contributed by atoms with Gasteiger partial charge in [0.2, 0.25) is 0 Å². The molecule has 1 aliphatic heterocycles. The summed E-state index contributed by atoms with van der Waals surface area (Å²) in [7, 11) is 0. The van der Waals surface area contributed by atoms with Crippen LogP contribution in [0.5, 0.6) is 0 Å². The molecule has 0 radical (unpaired) electrons. The van der Waals surface area contributed by atoms with E-state index in [1.165, 1.54) is 0 Å². The van der Waals surface area contributed by atoms with Crippen molar-refractivity contribution in [3.8, 4) is 0 Å². The topological polar surface area (TPSA) is 74.5 Å². The van der Waals surface area contributed by atoms with Crippen molar-refractivity contribution in [1.29, 1.82) is 0 Å². The van der Waals surface area contributed by atoms with E-state index in [-0.39, 0.29) is 5.91 Å². The van der Waals surface area contributed by atoms with Gasteiger partial charge in [0.05, 0.1) is 17.4 Å². The Morgan fingerprint density at radius 3 is 2.78 bits per heavy atom. The van der Waals surface area contributed by atoms with Crippen LogP contribution in [0.3, 0.4) is 0 Å². The number of carbonyl (C=O) groups excluding carboxylic acids is 1. The molecular weight excluding hydrogens is 230 g/mol. The van der Waals surface area contributed by atoms with Gasteiger partial charge in [-0.3, -0.25) is 15.6 Å². The zero-order valence-electron chi connectivity index (χ0n) is 10.6. The summed E-state index contributed by atoms with van der Waals surface area (Å²) < 4.78 is 0. The third kappa shape index (κ3) is 2.60. The van der Waals surface area contributed by atoms with Gasteiger partial charge in [-0.15, -0.1) is 0 Å². The second-order valence-corrected chi connectivity index (χ2v) is 4.29. The van der Waals surface area contributed by atoms with Crippen molar-refractivity contribution in [3.05, 3.63) is 24.0 Å². The highest BCUT2D eigenvalue weighted by Crippen LogP contribution is 2.15. The fourth-order valence-electron chi connectivity index (χ4n) is 2.13. The SMILES string of the molecule is CCN1CCN(C(=O)c2ccncc2NN)CC1. The number of anilines is 1. The van der Waals surface area contributed by atoms with Crippen molar-refractivity contribution < 1.29 is 4.79 Å². The number of aromatic nitrogens is 1.